The maximum Gasteiger partial charge on any atom is 0.157 e. The molecule has 1 aromatic carbocycles. The maximum atomic E-state index is 5.81. The summed E-state index contributed by atoms with van der Waals surface area (Å²) in [6.45, 7) is 5.02. The van der Waals surface area contributed by atoms with Crippen molar-refractivity contribution in [3.8, 4) is 11.3 Å². The normalized spacial score (nSPS) is 10.6. The number of aryl methyl sites for hydroxylation is 1. The monoisotopic (exact) mass is 243 g/mol. The van der Waals surface area contributed by atoms with Gasteiger partial charge in [0.25, 0.3) is 0 Å². The Hall–Kier alpha value is -1.94. The van der Waals surface area contributed by atoms with Gasteiger partial charge < -0.3 is 10.5 Å². The quantitative estimate of drug-likeness (QED) is 0.896. The highest BCUT2D eigenvalue weighted by Gasteiger charge is 2.07. The summed E-state index contributed by atoms with van der Waals surface area (Å²) in [5, 5.41) is 0. The van der Waals surface area contributed by atoms with Crippen LogP contribution < -0.4 is 5.73 Å². The molecule has 1 heterocycles. The highest BCUT2D eigenvalue weighted by molar-refractivity contribution is 5.65. The average Bonchev–Trinajstić information content (AvgIpc) is 2.36. The van der Waals surface area contributed by atoms with Crippen LogP contribution in [-0.2, 0) is 11.3 Å². The predicted molar refractivity (Wildman–Crippen MR) is 71.9 cm³/mol. The molecule has 0 amide bonds. The van der Waals surface area contributed by atoms with Crippen LogP contribution in [0.15, 0.2) is 30.3 Å². The molecule has 2 aromatic rings. The van der Waals surface area contributed by atoms with Gasteiger partial charge in [0.15, 0.2) is 5.82 Å². The number of anilines is 1. The van der Waals surface area contributed by atoms with Gasteiger partial charge in [-0.3, -0.25) is 0 Å². The summed E-state index contributed by atoms with van der Waals surface area (Å²) in [6.07, 6.45) is 0. The van der Waals surface area contributed by atoms with E-state index in [1.807, 2.05) is 25.1 Å². The van der Waals surface area contributed by atoms with Gasteiger partial charge in [0.2, 0.25) is 0 Å². The number of hydrogen-bond acceptors (Lipinski definition) is 4. The molecule has 0 saturated carbocycles. The summed E-state index contributed by atoms with van der Waals surface area (Å²) in [5.74, 6) is 1.09. The van der Waals surface area contributed by atoms with Crippen LogP contribution in [0.1, 0.15) is 18.3 Å². The van der Waals surface area contributed by atoms with E-state index >= 15 is 0 Å². The van der Waals surface area contributed by atoms with E-state index in [1.165, 1.54) is 0 Å². The standard InChI is InChI=1S/C14H17N3O/c1-3-18-9-14-16-12(8-13(15)17-14)11-7-5-4-6-10(11)2/h4-8H,3,9H2,1-2H3,(H2,15,16,17). The van der Waals surface area contributed by atoms with Gasteiger partial charge in [-0.15, -0.1) is 0 Å². The molecular weight excluding hydrogens is 226 g/mol. The van der Waals surface area contributed by atoms with Gasteiger partial charge in [0.05, 0.1) is 5.69 Å². The van der Waals surface area contributed by atoms with Crippen molar-refractivity contribution in [2.45, 2.75) is 20.5 Å². The first kappa shape index (κ1) is 12.5. The van der Waals surface area contributed by atoms with Crippen LogP contribution in [0.4, 0.5) is 5.82 Å². The minimum Gasteiger partial charge on any atom is -0.384 e. The van der Waals surface area contributed by atoms with E-state index in [0.29, 0.717) is 24.9 Å². The van der Waals surface area contributed by atoms with E-state index in [4.69, 9.17) is 10.5 Å². The topological polar surface area (TPSA) is 61.0 Å². The Balaban J connectivity index is 2.39. The highest BCUT2D eigenvalue weighted by atomic mass is 16.5. The van der Waals surface area contributed by atoms with Gasteiger partial charge in [-0.1, -0.05) is 24.3 Å². The van der Waals surface area contributed by atoms with E-state index in [1.54, 1.807) is 6.07 Å². The Morgan fingerprint density at radius 3 is 2.72 bits per heavy atom. The van der Waals surface area contributed by atoms with Crippen LogP contribution >= 0.6 is 0 Å². The van der Waals surface area contributed by atoms with Crippen LogP contribution in [-0.4, -0.2) is 16.6 Å². The van der Waals surface area contributed by atoms with Crippen molar-refractivity contribution < 1.29 is 4.74 Å². The van der Waals surface area contributed by atoms with Crippen LogP contribution in [0.5, 0.6) is 0 Å². The first-order chi connectivity index (χ1) is 8.70. The van der Waals surface area contributed by atoms with Gasteiger partial charge in [0.1, 0.15) is 12.4 Å². The molecule has 0 aliphatic heterocycles. The minimum absolute atomic E-state index is 0.389. The lowest BCUT2D eigenvalue weighted by atomic mass is 10.1. The van der Waals surface area contributed by atoms with Gasteiger partial charge in [0, 0.05) is 18.2 Å². The van der Waals surface area contributed by atoms with Crippen LogP contribution in [0.3, 0.4) is 0 Å². The second-order valence-electron chi connectivity index (χ2n) is 4.05. The van der Waals surface area contributed by atoms with Crippen molar-refractivity contribution in [3.63, 3.8) is 0 Å². The summed E-state index contributed by atoms with van der Waals surface area (Å²) < 4.78 is 5.32. The number of nitrogen functional groups attached to an aromatic ring is 1. The SMILES string of the molecule is CCOCc1nc(N)cc(-c2ccccc2C)n1. The molecule has 2 N–H and O–H groups in total. The zero-order chi connectivity index (χ0) is 13.0. The molecule has 0 aliphatic carbocycles. The lowest BCUT2D eigenvalue weighted by molar-refractivity contribution is 0.128. The molecule has 0 radical (unpaired) electrons. The number of aromatic nitrogens is 2. The van der Waals surface area contributed by atoms with Crippen molar-refractivity contribution in [3.05, 3.63) is 41.7 Å². The molecule has 1 aromatic heterocycles. The third-order valence-electron chi connectivity index (χ3n) is 2.65. The molecule has 0 spiro atoms. The van der Waals surface area contributed by atoms with Crippen molar-refractivity contribution in [2.75, 3.05) is 12.3 Å². The summed E-state index contributed by atoms with van der Waals surface area (Å²) in [6, 6.07) is 9.86. The molecule has 2 rings (SSSR count). The molecule has 0 bridgehead atoms. The maximum absolute atomic E-state index is 5.81. The summed E-state index contributed by atoms with van der Waals surface area (Å²) in [5.41, 5.74) is 8.89. The Bertz CT molecular complexity index is 540. The predicted octanol–water partition coefficient (Wildman–Crippen LogP) is 2.57. The lowest BCUT2D eigenvalue weighted by Gasteiger charge is -2.08. The van der Waals surface area contributed by atoms with Crippen molar-refractivity contribution in [1.29, 1.82) is 0 Å². The fraction of sp³-hybridized carbons (Fsp3) is 0.286. The number of nitrogens with two attached hydrogens (primary N) is 1. The van der Waals surface area contributed by atoms with Crippen LogP contribution in [0.25, 0.3) is 11.3 Å². The first-order valence-electron chi connectivity index (χ1n) is 5.98. The Morgan fingerprint density at radius 2 is 2.00 bits per heavy atom. The first-order valence-corrected chi connectivity index (χ1v) is 5.98. The van der Waals surface area contributed by atoms with Gasteiger partial charge >= 0.3 is 0 Å². The molecule has 18 heavy (non-hydrogen) atoms. The van der Waals surface area contributed by atoms with E-state index in [-0.39, 0.29) is 0 Å². The fourth-order valence-electron chi connectivity index (χ4n) is 1.77. The smallest absolute Gasteiger partial charge is 0.157 e. The number of hydrogen-bond donors (Lipinski definition) is 1. The van der Waals surface area contributed by atoms with Gasteiger partial charge in [-0.05, 0) is 19.4 Å². The summed E-state index contributed by atoms with van der Waals surface area (Å²) in [4.78, 5) is 8.65. The molecule has 0 fully saturated rings. The second kappa shape index (κ2) is 5.60. The Kier molecular flexibility index (Phi) is 3.89. The largest absolute Gasteiger partial charge is 0.384 e. The highest BCUT2D eigenvalue weighted by Crippen LogP contribution is 2.22. The van der Waals surface area contributed by atoms with Crippen molar-refractivity contribution in [1.82, 2.24) is 9.97 Å². The van der Waals surface area contributed by atoms with E-state index in [0.717, 1.165) is 16.8 Å². The fourth-order valence-corrected chi connectivity index (χ4v) is 1.77. The third kappa shape index (κ3) is 2.84. The van der Waals surface area contributed by atoms with E-state index in [9.17, 15) is 0 Å². The van der Waals surface area contributed by atoms with Crippen LogP contribution in [0.2, 0.25) is 0 Å². The molecular formula is C14H17N3O. The zero-order valence-electron chi connectivity index (χ0n) is 10.7. The van der Waals surface area contributed by atoms with E-state index in [2.05, 4.69) is 23.0 Å². The summed E-state index contributed by atoms with van der Waals surface area (Å²) in [7, 11) is 0. The zero-order valence-corrected chi connectivity index (χ0v) is 10.7. The molecule has 0 saturated heterocycles. The number of ether oxygens (including phenoxy) is 1. The summed E-state index contributed by atoms with van der Waals surface area (Å²) >= 11 is 0. The molecule has 0 unspecified atom stereocenters. The average molecular weight is 243 g/mol. The van der Waals surface area contributed by atoms with E-state index < -0.39 is 0 Å². The Labute approximate surface area is 107 Å². The molecule has 0 atom stereocenters. The molecule has 0 aliphatic rings. The van der Waals surface area contributed by atoms with Crippen LogP contribution in [0, 0.1) is 6.92 Å². The Morgan fingerprint density at radius 1 is 1.22 bits per heavy atom. The van der Waals surface area contributed by atoms with Crippen molar-refractivity contribution in [2.24, 2.45) is 0 Å². The minimum atomic E-state index is 0.389. The molecule has 4 nitrogen and oxygen atoms in total. The van der Waals surface area contributed by atoms with Gasteiger partial charge in [-0.2, -0.15) is 0 Å². The van der Waals surface area contributed by atoms with Crippen molar-refractivity contribution >= 4 is 5.82 Å². The number of nitrogens with zero attached hydrogens (tertiary/aromatic N) is 2. The second-order valence-corrected chi connectivity index (χ2v) is 4.05. The number of benzene rings is 1. The molecule has 4 heteroatoms. The number of rotatable bonds is 4. The third-order valence-corrected chi connectivity index (χ3v) is 2.65. The lowest BCUT2D eigenvalue weighted by Crippen LogP contribution is -2.04. The molecule has 94 valence electrons. The van der Waals surface area contributed by atoms with Gasteiger partial charge in [-0.25, -0.2) is 9.97 Å².